The second-order valence-electron chi connectivity index (χ2n) is 3.48. The first-order valence-corrected chi connectivity index (χ1v) is 5.79. The molecule has 13 heavy (non-hydrogen) atoms. The Morgan fingerprint density at radius 2 is 2.15 bits per heavy atom. The zero-order valence-corrected chi connectivity index (χ0v) is 8.73. The topological polar surface area (TPSA) is 37.8 Å². The molecule has 0 unspecified atom stereocenters. The highest BCUT2D eigenvalue weighted by molar-refractivity contribution is 7.15. The van der Waals surface area contributed by atoms with Crippen LogP contribution in [0.5, 0.6) is 0 Å². The van der Waals surface area contributed by atoms with Crippen LogP contribution >= 0.6 is 11.3 Å². The van der Waals surface area contributed by atoms with E-state index in [0.717, 1.165) is 16.6 Å². The highest BCUT2D eigenvalue weighted by Crippen LogP contribution is 2.24. The molecule has 1 aromatic rings. The van der Waals surface area contributed by atoms with E-state index in [4.69, 9.17) is 0 Å². The van der Waals surface area contributed by atoms with Crippen LogP contribution < -0.4 is 5.32 Å². The summed E-state index contributed by atoms with van der Waals surface area (Å²) in [6, 6.07) is 0.651. The first-order valence-electron chi connectivity index (χ1n) is 4.97. The average molecular weight is 197 g/mol. The molecule has 0 atom stereocenters. The summed E-state index contributed by atoms with van der Waals surface area (Å²) in [5, 5.41) is 13.8. The first kappa shape index (κ1) is 8.94. The van der Waals surface area contributed by atoms with E-state index in [1.165, 1.54) is 25.7 Å². The van der Waals surface area contributed by atoms with Gasteiger partial charge in [-0.25, -0.2) is 0 Å². The number of hydrogen-bond acceptors (Lipinski definition) is 4. The molecule has 0 aromatic carbocycles. The van der Waals surface area contributed by atoms with E-state index in [2.05, 4.69) is 22.4 Å². The fourth-order valence-corrected chi connectivity index (χ4v) is 2.46. The van der Waals surface area contributed by atoms with Gasteiger partial charge < -0.3 is 5.32 Å². The van der Waals surface area contributed by atoms with Gasteiger partial charge in [-0.15, -0.1) is 10.2 Å². The summed E-state index contributed by atoms with van der Waals surface area (Å²) in [4.78, 5) is 0. The molecule has 1 heterocycles. The molecule has 1 saturated carbocycles. The number of anilines is 1. The van der Waals surface area contributed by atoms with Gasteiger partial charge in [-0.1, -0.05) is 31.1 Å². The Balaban J connectivity index is 1.92. The van der Waals surface area contributed by atoms with Crippen molar-refractivity contribution < 1.29 is 0 Å². The first-order chi connectivity index (χ1) is 6.38. The minimum Gasteiger partial charge on any atom is -0.357 e. The molecule has 0 amide bonds. The van der Waals surface area contributed by atoms with Crippen molar-refractivity contribution in [1.82, 2.24) is 10.2 Å². The summed E-state index contributed by atoms with van der Waals surface area (Å²) in [7, 11) is 0. The minimum absolute atomic E-state index is 0.651. The van der Waals surface area contributed by atoms with Crippen molar-refractivity contribution in [3.8, 4) is 0 Å². The second kappa shape index (κ2) is 4.05. The molecule has 2 rings (SSSR count). The monoisotopic (exact) mass is 197 g/mol. The molecule has 1 aromatic heterocycles. The van der Waals surface area contributed by atoms with Crippen molar-refractivity contribution in [3.63, 3.8) is 0 Å². The molecule has 0 aliphatic heterocycles. The van der Waals surface area contributed by atoms with Gasteiger partial charge in [0.05, 0.1) is 0 Å². The predicted molar refractivity (Wildman–Crippen MR) is 55.2 cm³/mol. The lowest BCUT2D eigenvalue weighted by molar-refractivity contribution is 0.751. The van der Waals surface area contributed by atoms with Gasteiger partial charge in [0, 0.05) is 6.04 Å². The van der Waals surface area contributed by atoms with Gasteiger partial charge in [-0.05, 0) is 19.3 Å². The third-order valence-electron chi connectivity index (χ3n) is 2.45. The SMILES string of the molecule is CCc1nnc(NC2CCCC2)s1. The second-order valence-corrected chi connectivity index (χ2v) is 4.54. The zero-order valence-electron chi connectivity index (χ0n) is 7.92. The van der Waals surface area contributed by atoms with Gasteiger partial charge in [0.2, 0.25) is 5.13 Å². The normalized spacial score (nSPS) is 17.9. The summed E-state index contributed by atoms with van der Waals surface area (Å²) < 4.78 is 0. The highest BCUT2D eigenvalue weighted by Gasteiger charge is 2.15. The van der Waals surface area contributed by atoms with E-state index >= 15 is 0 Å². The van der Waals surface area contributed by atoms with E-state index in [9.17, 15) is 0 Å². The number of hydrogen-bond donors (Lipinski definition) is 1. The molecular formula is C9H15N3S. The van der Waals surface area contributed by atoms with Crippen LogP contribution in [0.15, 0.2) is 0 Å². The number of nitrogens with zero attached hydrogens (tertiary/aromatic N) is 2. The molecule has 1 N–H and O–H groups in total. The standard InChI is InChI=1S/C9H15N3S/c1-2-8-11-12-9(13-8)10-7-5-3-4-6-7/h7H,2-6H2,1H3,(H,10,12). The van der Waals surface area contributed by atoms with Crippen LogP contribution in [0, 0.1) is 0 Å². The van der Waals surface area contributed by atoms with Crippen molar-refractivity contribution >= 4 is 16.5 Å². The smallest absolute Gasteiger partial charge is 0.205 e. The molecule has 3 nitrogen and oxygen atoms in total. The minimum atomic E-state index is 0.651. The highest BCUT2D eigenvalue weighted by atomic mass is 32.1. The maximum Gasteiger partial charge on any atom is 0.205 e. The van der Waals surface area contributed by atoms with E-state index in [-0.39, 0.29) is 0 Å². The number of aryl methyl sites for hydroxylation is 1. The summed E-state index contributed by atoms with van der Waals surface area (Å²) in [5.74, 6) is 0. The van der Waals surface area contributed by atoms with Gasteiger partial charge in [0.25, 0.3) is 0 Å². The summed E-state index contributed by atoms with van der Waals surface area (Å²) in [6.07, 6.45) is 6.29. The third-order valence-corrected chi connectivity index (χ3v) is 3.45. The van der Waals surface area contributed by atoms with Crippen molar-refractivity contribution in [2.45, 2.75) is 45.1 Å². The Labute approximate surface area is 82.6 Å². The third kappa shape index (κ3) is 2.18. The van der Waals surface area contributed by atoms with Crippen LogP contribution in [-0.4, -0.2) is 16.2 Å². The Morgan fingerprint density at radius 3 is 2.77 bits per heavy atom. The summed E-state index contributed by atoms with van der Waals surface area (Å²) in [6.45, 7) is 2.11. The van der Waals surface area contributed by atoms with Crippen LogP contribution in [0.3, 0.4) is 0 Å². The molecule has 1 aliphatic carbocycles. The molecule has 0 radical (unpaired) electrons. The molecule has 0 saturated heterocycles. The van der Waals surface area contributed by atoms with Crippen molar-refractivity contribution in [2.24, 2.45) is 0 Å². The largest absolute Gasteiger partial charge is 0.357 e. The lowest BCUT2D eigenvalue weighted by Crippen LogP contribution is -2.13. The average Bonchev–Trinajstić information content (AvgIpc) is 2.76. The molecule has 1 fully saturated rings. The van der Waals surface area contributed by atoms with Crippen molar-refractivity contribution in [1.29, 1.82) is 0 Å². The maximum absolute atomic E-state index is 4.11. The van der Waals surface area contributed by atoms with E-state index in [0.29, 0.717) is 6.04 Å². The molecule has 4 heteroatoms. The van der Waals surface area contributed by atoms with Crippen LogP contribution in [0.2, 0.25) is 0 Å². The summed E-state index contributed by atoms with van der Waals surface area (Å²) >= 11 is 1.69. The molecule has 72 valence electrons. The predicted octanol–water partition coefficient (Wildman–Crippen LogP) is 2.46. The van der Waals surface area contributed by atoms with E-state index < -0.39 is 0 Å². The van der Waals surface area contributed by atoms with Crippen LogP contribution in [0.25, 0.3) is 0 Å². The number of rotatable bonds is 3. The summed E-state index contributed by atoms with van der Waals surface area (Å²) in [5.41, 5.74) is 0. The number of nitrogens with one attached hydrogen (secondary N) is 1. The van der Waals surface area contributed by atoms with E-state index in [1.807, 2.05) is 0 Å². The van der Waals surface area contributed by atoms with Gasteiger partial charge in [0.1, 0.15) is 5.01 Å². The van der Waals surface area contributed by atoms with Crippen LogP contribution in [0.4, 0.5) is 5.13 Å². The van der Waals surface area contributed by atoms with Crippen molar-refractivity contribution in [3.05, 3.63) is 5.01 Å². The van der Waals surface area contributed by atoms with Crippen LogP contribution in [-0.2, 0) is 6.42 Å². The van der Waals surface area contributed by atoms with Crippen LogP contribution in [0.1, 0.15) is 37.6 Å². The fourth-order valence-electron chi connectivity index (χ4n) is 1.70. The van der Waals surface area contributed by atoms with E-state index in [1.54, 1.807) is 11.3 Å². The van der Waals surface area contributed by atoms with Gasteiger partial charge in [-0.3, -0.25) is 0 Å². The Bertz CT molecular complexity index is 266. The van der Waals surface area contributed by atoms with Gasteiger partial charge >= 0.3 is 0 Å². The van der Waals surface area contributed by atoms with Gasteiger partial charge in [-0.2, -0.15) is 0 Å². The number of aromatic nitrogens is 2. The molecule has 0 spiro atoms. The Morgan fingerprint density at radius 1 is 1.38 bits per heavy atom. The molecule has 0 bridgehead atoms. The molecular weight excluding hydrogens is 182 g/mol. The zero-order chi connectivity index (χ0) is 9.10. The quantitative estimate of drug-likeness (QED) is 0.808. The van der Waals surface area contributed by atoms with Gasteiger partial charge in [0.15, 0.2) is 0 Å². The lowest BCUT2D eigenvalue weighted by Gasteiger charge is -2.08. The lowest BCUT2D eigenvalue weighted by atomic mass is 10.3. The Hall–Kier alpha value is -0.640. The Kier molecular flexibility index (Phi) is 2.78. The van der Waals surface area contributed by atoms with Crippen molar-refractivity contribution in [2.75, 3.05) is 5.32 Å². The fraction of sp³-hybridized carbons (Fsp3) is 0.778. The maximum atomic E-state index is 4.11. The molecule has 1 aliphatic rings.